The van der Waals surface area contributed by atoms with Gasteiger partial charge in [0.05, 0.1) is 16.4 Å². The van der Waals surface area contributed by atoms with Crippen molar-refractivity contribution in [3.63, 3.8) is 0 Å². The number of benzene rings is 2. The van der Waals surface area contributed by atoms with Crippen LogP contribution in [-0.2, 0) is 4.79 Å². The quantitative estimate of drug-likeness (QED) is 0.416. The Balaban J connectivity index is 1.41. The molecule has 1 heterocycles. The zero-order valence-corrected chi connectivity index (χ0v) is 17.9. The van der Waals surface area contributed by atoms with E-state index in [-0.39, 0.29) is 17.3 Å². The van der Waals surface area contributed by atoms with Crippen molar-refractivity contribution in [3.05, 3.63) is 71.1 Å². The van der Waals surface area contributed by atoms with Crippen LogP contribution in [0.25, 0.3) is 0 Å². The van der Waals surface area contributed by atoms with Crippen LogP contribution in [0.5, 0.6) is 11.5 Å². The van der Waals surface area contributed by atoms with Gasteiger partial charge in [-0.2, -0.15) is 0 Å². The fraction of sp³-hybridized carbons (Fsp3) is 0.174. The molecule has 0 saturated heterocycles. The molecule has 3 amide bonds. The molecule has 0 radical (unpaired) electrons. The molecular formula is C23H20ClFN4O3. The lowest BCUT2D eigenvalue weighted by atomic mass is 10.1. The van der Waals surface area contributed by atoms with Crippen molar-refractivity contribution in [2.45, 2.75) is 25.7 Å². The van der Waals surface area contributed by atoms with Crippen molar-refractivity contribution in [2.24, 2.45) is 0 Å². The molecule has 0 aliphatic heterocycles. The third kappa shape index (κ3) is 5.53. The molecular weight excluding hydrogens is 435 g/mol. The van der Waals surface area contributed by atoms with Crippen LogP contribution in [0.3, 0.4) is 0 Å². The highest BCUT2D eigenvalue weighted by molar-refractivity contribution is 6.33. The molecule has 0 bridgehead atoms. The number of nitrogens with zero attached hydrogens (tertiary/aromatic N) is 1. The van der Waals surface area contributed by atoms with Crippen molar-refractivity contribution < 1.29 is 18.7 Å². The average Bonchev–Trinajstić information content (AvgIpc) is 3.57. The summed E-state index contributed by atoms with van der Waals surface area (Å²) in [7, 11) is 0. The number of ether oxygens (including phenoxy) is 1. The Morgan fingerprint density at radius 2 is 1.75 bits per heavy atom. The maximum absolute atomic E-state index is 14.5. The minimum atomic E-state index is -0.674. The lowest BCUT2D eigenvalue weighted by Gasteiger charge is -2.12. The highest BCUT2D eigenvalue weighted by atomic mass is 35.5. The van der Waals surface area contributed by atoms with Crippen LogP contribution in [0.2, 0.25) is 5.02 Å². The van der Waals surface area contributed by atoms with Gasteiger partial charge < -0.3 is 20.7 Å². The molecule has 1 aromatic heterocycles. The van der Waals surface area contributed by atoms with E-state index in [1.165, 1.54) is 31.3 Å². The first kappa shape index (κ1) is 21.6. The molecule has 1 fully saturated rings. The number of carbonyl (C=O) groups is 2. The number of halogens is 2. The van der Waals surface area contributed by atoms with Crippen LogP contribution in [0.4, 0.5) is 26.4 Å². The van der Waals surface area contributed by atoms with Gasteiger partial charge in [0, 0.05) is 25.3 Å². The van der Waals surface area contributed by atoms with Gasteiger partial charge in [-0.15, -0.1) is 0 Å². The fourth-order valence-corrected chi connectivity index (χ4v) is 3.27. The lowest BCUT2D eigenvalue weighted by molar-refractivity contribution is -0.114. The Hall–Kier alpha value is -3.65. The highest BCUT2D eigenvalue weighted by Gasteiger charge is 2.24. The number of rotatable bonds is 6. The minimum Gasteiger partial charge on any atom is -0.457 e. The molecule has 1 aliphatic rings. The van der Waals surface area contributed by atoms with Crippen LogP contribution in [-0.4, -0.2) is 16.9 Å². The number of amides is 3. The second-order valence-electron chi connectivity index (χ2n) is 7.39. The predicted octanol–water partition coefficient (Wildman–Crippen LogP) is 6.15. The first-order valence-electron chi connectivity index (χ1n) is 9.96. The third-order valence-electron chi connectivity index (χ3n) is 4.75. The normalized spacial score (nSPS) is 12.7. The zero-order chi connectivity index (χ0) is 22.7. The van der Waals surface area contributed by atoms with Gasteiger partial charge >= 0.3 is 6.03 Å². The van der Waals surface area contributed by atoms with Gasteiger partial charge in [0.1, 0.15) is 23.1 Å². The summed E-state index contributed by atoms with van der Waals surface area (Å²) in [6.07, 6.45) is 3.71. The Morgan fingerprint density at radius 3 is 2.47 bits per heavy atom. The Bertz CT molecular complexity index is 1180. The standard InChI is InChI=1S/C23H20ClFN4O3/c1-13(30)27-22-12-17(8-9-26-22)32-16-5-7-20(19(25)11-16)28-23(31)29-21-10-15(14-2-3-14)4-6-18(21)24/h4-12,14H,2-3H2,1H3,(H,26,27,30)(H2,28,29,31). The maximum Gasteiger partial charge on any atom is 0.323 e. The molecule has 2 aromatic carbocycles. The molecule has 1 aliphatic carbocycles. The van der Waals surface area contributed by atoms with Gasteiger partial charge in [0.25, 0.3) is 0 Å². The van der Waals surface area contributed by atoms with E-state index in [0.717, 1.165) is 24.5 Å². The molecule has 0 atom stereocenters. The predicted molar refractivity (Wildman–Crippen MR) is 121 cm³/mol. The van der Waals surface area contributed by atoms with Crippen molar-refractivity contribution in [1.82, 2.24) is 4.98 Å². The van der Waals surface area contributed by atoms with Crippen LogP contribution in [0, 0.1) is 5.82 Å². The van der Waals surface area contributed by atoms with E-state index < -0.39 is 11.8 Å². The molecule has 32 heavy (non-hydrogen) atoms. The SMILES string of the molecule is CC(=O)Nc1cc(Oc2ccc(NC(=O)Nc3cc(C4CC4)ccc3Cl)c(F)c2)ccn1. The smallest absolute Gasteiger partial charge is 0.323 e. The maximum atomic E-state index is 14.5. The summed E-state index contributed by atoms with van der Waals surface area (Å²) in [6, 6.07) is 12.1. The average molecular weight is 455 g/mol. The topological polar surface area (TPSA) is 92.4 Å². The van der Waals surface area contributed by atoms with Crippen LogP contribution >= 0.6 is 11.6 Å². The third-order valence-corrected chi connectivity index (χ3v) is 5.08. The molecule has 4 rings (SSSR count). The molecule has 3 N–H and O–H groups in total. The second kappa shape index (κ2) is 9.23. The van der Waals surface area contributed by atoms with Crippen LogP contribution in [0.15, 0.2) is 54.7 Å². The van der Waals surface area contributed by atoms with E-state index >= 15 is 0 Å². The van der Waals surface area contributed by atoms with E-state index in [1.807, 2.05) is 12.1 Å². The van der Waals surface area contributed by atoms with E-state index in [2.05, 4.69) is 20.9 Å². The molecule has 3 aromatic rings. The minimum absolute atomic E-state index is 0.0158. The number of aromatic nitrogens is 1. The molecule has 0 unspecified atom stereocenters. The summed E-state index contributed by atoms with van der Waals surface area (Å²) >= 11 is 6.18. The molecule has 7 nitrogen and oxygen atoms in total. The lowest BCUT2D eigenvalue weighted by Crippen LogP contribution is -2.20. The first-order chi connectivity index (χ1) is 15.4. The van der Waals surface area contributed by atoms with Crippen molar-refractivity contribution in [2.75, 3.05) is 16.0 Å². The first-order valence-corrected chi connectivity index (χ1v) is 10.3. The van der Waals surface area contributed by atoms with Gasteiger partial charge in [0.2, 0.25) is 5.91 Å². The van der Waals surface area contributed by atoms with Gasteiger partial charge in [0.15, 0.2) is 0 Å². The van der Waals surface area contributed by atoms with E-state index in [4.69, 9.17) is 16.3 Å². The Morgan fingerprint density at radius 1 is 1.00 bits per heavy atom. The number of hydrogen-bond acceptors (Lipinski definition) is 4. The molecule has 0 spiro atoms. The monoisotopic (exact) mass is 454 g/mol. The van der Waals surface area contributed by atoms with Gasteiger partial charge in [-0.3, -0.25) is 4.79 Å². The number of carbonyl (C=O) groups excluding carboxylic acids is 2. The highest BCUT2D eigenvalue weighted by Crippen LogP contribution is 2.41. The number of anilines is 3. The van der Waals surface area contributed by atoms with Crippen LogP contribution < -0.4 is 20.7 Å². The van der Waals surface area contributed by atoms with Crippen molar-refractivity contribution in [3.8, 4) is 11.5 Å². The van der Waals surface area contributed by atoms with E-state index in [1.54, 1.807) is 12.1 Å². The van der Waals surface area contributed by atoms with E-state index in [9.17, 15) is 14.0 Å². The van der Waals surface area contributed by atoms with Crippen LogP contribution in [0.1, 0.15) is 31.2 Å². The van der Waals surface area contributed by atoms with Crippen molar-refractivity contribution >= 4 is 40.7 Å². The number of urea groups is 1. The molecule has 1 saturated carbocycles. The summed E-state index contributed by atoms with van der Waals surface area (Å²) < 4.78 is 20.2. The molecule has 164 valence electrons. The van der Waals surface area contributed by atoms with Gasteiger partial charge in [-0.1, -0.05) is 17.7 Å². The van der Waals surface area contributed by atoms with Gasteiger partial charge in [-0.25, -0.2) is 14.2 Å². The Labute approximate surface area is 189 Å². The van der Waals surface area contributed by atoms with Crippen molar-refractivity contribution in [1.29, 1.82) is 0 Å². The number of pyridine rings is 1. The second-order valence-corrected chi connectivity index (χ2v) is 7.80. The zero-order valence-electron chi connectivity index (χ0n) is 17.1. The Kier molecular flexibility index (Phi) is 6.23. The summed E-state index contributed by atoms with van der Waals surface area (Å²) in [4.78, 5) is 27.5. The summed E-state index contributed by atoms with van der Waals surface area (Å²) in [5.74, 6) is 0.465. The van der Waals surface area contributed by atoms with Gasteiger partial charge in [-0.05, 0) is 54.7 Å². The summed E-state index contributed by atoms with van der Waals surface area (Å²) in [5.41, 5.74) is 1.58. The molecule has 9 heteroatoms. The number of hydrogen-bond donors (Lipinski definition) is 3. The van der Waals surface area contributed by atoms with E-state index in [0.29, 0.717) is 28.2 Å². The summed E-state index contributed by atoms with van der Waals surface area (Å²) in [5, 5.41) is 8.09. The number of nitrogens with one attached hydrogen (secondary N) is 3. The summed E-state index contributed by atoms with van der Waals surface area (Å²) in [6.45, 7) is 1.37. The largest absolute Gasteiger partial charge is 0.457 e. The fourth-order valence-electron chi connectivity index (χ4n) is 3.11.